The van der Waals surface area contributed by atoms with Gasteiger partial charge in [0.25, 0.3) is 0 Å². The quantitative estimate of drug-likeness (QED) is 0.565. The molecule has 72 valence electrons. The van der Waals surface area contributed by atoms with Gasteiger partial charge in [0.2, 0.25) is 11.8 Å². The van der Waals surface area contributed by atoms with Gasteiger partial charge in [0, 0.05) is 0 Å². The Morgan fingerprint density at radius 1 is 1.00 bits per heavy atom. The molecule has 1 aliphatic heterocycles. The Bertz CT molecular complexity index is 236. The van der Waals surface area contributed by atoms with Crippen LogP contribution in [0.4, 0.5) is 0 Å². The van der Waals surface area contributed by atoms with Gasteiger partial charge in [-0.3, -0.25) is 14.9 Å². The second-order valence-corrected chi connectivity index (χ2v) is 4.49. The number of hydrogen-bond acceptors (Lipinski definition) is 2. The van der Waals surface area contributed by atoms with Gasteiger partial charge in [0.05, 0.1) is 11.8 Å². The summed E-state index contributed by atoms with van der Waals surface area (Å²) in [5.41, 5.74) is 0. The van der Waals surface area contributed by atoms with E-state index >= 15 is 0 Å². The summed E-state index contributed by atoms with van der Waals surface area (Å²) in [7, 11) is 0. The van der Waals surface area contributed by atoms with E-state index in [0.717, 1.165) is 12.8 Å². The van der Waals surface area contributed by atoms with Crippen LogP contribution in [0, 0.1) is 23.7 Å². The topological polar surface area (TPSA) is 46.2 Å². The highest BCUT2D eigenvalue weighted by atomic mass is 16.2. The van der Waals surface area contributed by atoms with Crippen molar-refractivity contribution in [1.82, 2.24) is 5.32 Å². The maximum Gasteiger partial charge on any atom is 0.230 e. The van der Waals surface area contributed by atoms with Crippen LogP contribution in [-0.2, 0) is 9.59 Å². The molecule has 0 aromatic heterocycles. The van der Waals surface area contributed by atoms with E-state index in [1.807, 2.05) is 0 Å². The van der Waals surface area contributed by atoms with E-state index in [-0.39, 0.29) is 23.7 Å². The fraction of sp³-hybridized carbons (Fsp3) is 0.800. The molecule has 4 atom stereocenters. The van der Waals surface area contributed by atoms with Crippen molar-refractivity contribution < 1.29 is 9.59 Å². The van der Waals surface area contributed by atoms with Gasteiger partial charge in [0.15, 0.2) is 0 Å². The fourth-order valence-electron chi connectivity index (χ4n) is 2.48. The number of hydrogen-bond donors (Lipinski definition) is 1. The van der Waals surface area contributed by atoms with Crippen LogP contribution in [0.2, 0.25) is 0 Å². The second kappa shape index (κ2) is 2.82. The number of amides is 2. The lowest BCUT2D eigenvalue weighted by Gasteiger charge is -2.31. The molecule has 0 bridgehead atoms. The minimum atomic E-state index is -0.0475. The zero-order valence-corrected chi connectivity index (χ0v) is 8.04. The molecule has 3 nitrogen and oxygen atoms in total. The van der Waals surface area contributed by atoms with E-state index in [1.165, 1.54) is 0 Å². The minimum absolute atomic E-state index is 0.0290. The molecule has 2 rings (SSSR count). The molecule has 0 spiro atoms. The number of rotatable bonds is 0. The standard InChI is InChI=1S/C10H15NO2/c1-5-3-7-8(4-6(5)2)10(13)11-9(7)12/h5-8H,3-4H2,1-2H3,(H,11,12,13)/t5?,6?,7-,8+. The third-order valence-corrected chi connectivity index (χ3v) is 3.63. The van der Waals surface area contributed by atoms with Crippen LogP contribution in [-0.4, -0.2) is 11.8 Å². The van der Waals surface area contributed by atoms with Gasteiger partial charge in [-0.05, 0) is 24.7 Å². The average molecular weight is 181 g/mol. The van der Waals surface area contributed by atoms with Crippen molar-refractivity contribution in [2.45, 2.75) is 26.7 Å². The van der Waals surface area contributed by atoms with E-state index in [1.54, 1.807) is 0 Å². The smallest absolute Gasteiger partial charge is 0.230 e. The highest BCUT2D eigenvalue weighted by Gasteiger charge is 2.46. The molecule has 0 aromatic carbocycles. The maximum atomic E-state index is 11.3. The summed E-state index contributed by atoms with van der Waals surface area (Å²) in [6, 6.07) is 0. The van der Waals surface area contributed by atoms with E-state index < -0.39 is 0 Å². The van der Waals surface area contributed by atoms with Crippen LogP contribution in [0.1, 0.15) is 26.7 Å². The van der Waals surface area contributed by atoms with Crippen LogP contribution >= 0.6 is 0 Å². The lowest BCUT2D eigenvalue weighted by atomic mass is 9.70. The molecule has 2 amide bonds. The van der Waals surface area contributed by atoms with Crippen LogP contribution in [0.25, 0.3) is 0 Å². The van der Waals surface area contributed by atoms with E-state index in [2.05, 4.69) is 19.2 Å². The molecular weight excluding hydrogens is 166 g/mol. The predicted molar refractivity (Wildman–Crippen MR) is 47.7 cm³/mol. The first-order valence-electron chi connectivity index (χ1n) is 4.94. The molecule has 1 heterocycles. The summed E-state index contributed by atoms with van der Waals surface area (Å²) < 4.78 is 0. The highest BCUT2D eigenvalue weighted by Crippen LogP contribution is 2.40. The summed E-state index contributed by atoms with van der Waals surface area (Å²) in [6.45, 7) is 4.33. The molecule has 1 saturated heterocycles. The normalized spacial score (nSPS) is 44.5. The van der Waals surface area contributed by atoms with Crippen LogP contribution in [0.3, 0.4) is 0 Å². The SMILES string of the molecule is CC1C[C@@H]2C(=O)NC(=O)[C@@H]2CC1C. The van der Waals surface area contributed by atoms with Crippen LogP contribution in [0.5, 0.6) is 0 Å². The minimum Gasteiger partial charge on any atom is -0.296 e. The molecule has 0 aromatic rings. The third kappa shape index (κ3) is 1.26. The van der Waals surface area contributed by atoms with Gasteiger partial charge >= 0.3 is 0 Å². The molecule has 2 aliphatic rings. The highest BCUT2D eigenvalue weighted by molar-refractivity contribution is 6.05. The second-order valence-electron chi connectivity index (χ2n) is 4.49. The van der Waals surface area contributed by atoms with Gasteiger partial charge in [0.1, 0.15) is 0 Å². The van der Waals surface area contributed by atoms with E-state index in [9.17, 15) is 9.59 Å². The van der Waals surface area contributed by atoms with Gasteiger partial charge in [-0.15, -0.1) is 0 Å². The molecular formula is C10H15NO2. The summed E-state index contributed by atoms with van der Waals surface area (Å²) in [5, 5.41) is 2.42. The van der Waals surface area contributed by atoms with Crippen molar-refractivity contribution >= 4 is 11.8 Å². The number of nitrogens with one attached hydrogen (secondary N) is 1. The van der Waals surface area contributed by atoms with E-state index in [0.29, 0.717) is 11.8 Å². The number of carbonyl (C=O) groups is 2. The predicted octanol–water partition coefficient (Wildman–Crippen LogP) is 0.941. The van der Waals surface area contributed by atoms with Gasteiger partial charge in [-0.2, -0.15) is 0 Å². The fourth-order valence-corrected chi connectivity index (χ4v) is 2.48. The van der Waals surface area contributed by atoms with Gasteiger partial charge < -0.3 is 0 Å². The van der Waals surface area contributed by atoms with Crippen molar-refractivity contribution in [2.24, 2.45) is 23.7 Å². The number of carbonyl (C=O) groups excluding carboxylic acids is 2. The van der Waals surface area contributed by atoms with Crippen LogP contribution in [0.15, 0.2) is 0 Å². The molecule has 2 unspecified atom stereocenters. The molecule has 13 heavy (non-hydrogen) atoms. The number of fused-ring (bicyclic) bond motifs is 1. The Kier molecular flexibility index (Phi) is 1.90. The van der Waals surface area contributed by atoms with Gasteiger partial charge in [-0.1, -0.05) is 13.8 Å². The Morgan fingerprint density at radius 2 is 1.38 bits per heavy atom. The Hall–Kier alpha value is -0.860. The maximum absolute atomic E-state index is 11.3. The van der Waals surface area contributed by atoms with Crippen molar-refractivity contribution in [2.75, 3.05) is 0 Å². The summed E-state index contributed by atoms with van der Waals surface area (Å²) in [4.78, 5) is 22.7. The lowest BCUT2D eigenvalue weighted by molar-refractivity contribution is -0.126. The molecule has 1 N–H and O–H groups in total. The molecule has 1 aliphatic carbocycles. The van der Waals surface area contributed by atoms with E-state index in [4.69, 9.17) is 0 Å². The Morgan fingerprint density at radius 3 is 1.77 bits per heavy atom. The van der Waals surface area contributed by atoms with Crippen LogP contribution < -0.4 is 5.32 Å². The first kappa shape index (κ1) is 8.73. The summed E-state index contributed by atoms with van der Waals surface area (Å²) >= 11 is 0. The van der Waals surface area contributed by atoms with Crippen molar-refractivity contribution in [3.8, 4) is 0 Å². The zero-order chi connectivity index (χ0) is 9.59. The monoisotopic (exact) mass is 181 g/mol. The lowest BCUT2D eigenvalue weighted by Crippen LogP contribution is -2.30. The first-order chi connectivity index (χ1) is 6.09. The largest absolute Gasteiger partial charge is 0.296 e. The average Bonchev–Trinajstić information content (AvgIpc) is 2.31. The summed E-state index contributed by atoms with van der Waals surface area (Å²) in [5.74, 6) is 0.982. The van der Waals surface area contributed by atoms with Crippen molar-refractivity contribution in [1.29, 1.82) is 0 Å². The molecule has 1 saturated carbocycles. The van der Waals surface area contributed by atoms with Gasteiger partial charge in [-0.25, -0.2) is 0 Å². The molecule has 0 radical (unpaired) electrons. The Balaban J connectivity index is 2.19. The Labute approximate surface area is 77.9 Å². The van der Waals surface area contributed by atoms with Crippen molar-refractivity contribution in [3.05, 3.63) is 0 Å². The molecule has 3 heteroatoms. The molecule has 2 fully saturated rings. The number of imide groups is 1. The first-order valence-corrected chi connectivity index (χ1v) is 4.94. The summed E-state index contributed by atoms with van der Waals surface area (Å²) in [6.07, 6.45) is 1.76. The van der Waals surface area contributed by atoms with Crippen molar-refractivity contribution in [3.63, 3.8) is 0 Å². The third-order valence-electron chi connectivity index (χ3n) is 3.63. The zero-order valence-electron chi connectivity index (χ0n) is 8.04.